The van der Waals surface area contributed by atoms with Crippen LogP contribution in [0.2, 0.25) is 0 Å². The predicted octanol–water partition coefficient (Wildman–Crippen LogP) is 3.51. The van der Waals surface area contributed by atoms with Gasteiger partial charge in [-0.05, 0) is 37.5 Å². The van der Waals surface area contributed by atoms with E-state index in [1.54, 1.807) is 0 Å². The molecule has 0 N–H and O–H groups in total. The van der Waals surface area contributed by atoms with E-state index in [-0.39, 0.29) is 0 Å². The summed E-state index contributed by atoms with van der Waals surface area (Å²) in [5, 5.41) is 0. The first kappa shape index (κ1) is 10.2. The monoisotopic (exact) mass is 177 g/mol. The molecule has 1 heterocycles. The minimum atomic E-state index is 1.13. The lowest BCUT2D eigenvalue weighted by molar-refractivity contribution is 0.666. The van der Waals surface area contributed by atoms with Crippen LogP contribution in [-0.4, -0.2) is 4.98 Å². The van der Waals surface area contributed by atoms with Crippen LogP contribution < -0.4 is 0 Å². The van der Waals surface area contributed by atoms with Gasteiger partial charge in [0.25, 0.3) is 0 Å². The second kappa shape index (κ2) is 5.74. The van der Waals surface area contributed by atoms with Crippen molar-refractivity contribution in [3.05, 3.63) is 29.6 Å². The van der Waals surface area contributed by atoms with E-state index in [4.69, 9.17) is 0 Å². The van der Waals surface area contributed by atoms with Gasteiger partial charge in [0.05, 0.1) is 0 Å². The maximum absolute atomic E-state index is 4.18. The minimum absolute atomic E-state index is 1.13. The van der Waals surface area contributed by atoms with Crippen molar-refractivity contribution < 1.29 is 0 Å². The van der Waals surface area contributed by atoms with Gasteiger partial charge in [0, 0.05) is 11.9 Å². The summed E-state index contributed by atoms with van der Waals surface area (Å²) >= 11 is 0. The molecule has 0 radical (unpaired) electrons. The SMILES string of the molecule is CCCCCCc1ccnc(C)c1. The number of pyridine rings is 1. The van der Waals surface area contributed by atoms with Crippen molar-refractivity contribution in [1.82, 2.24) is 4.98 Å². The summed E-state index contributed by atoms with van der Waals surface area (Å²) < 4.78 is 0. The fourth-order valence-electron chi connectivity index (χ4n) is 1.52. The molecule has 0 saturated carbocycles. The summed E-state index contributed by atoms with van der Waals surface area (Å²) in [6.07, 6.45) is 8.47. The Labute approximate surface area is 81.2 Å². The van der Waals surface area contributed by atoms with Crippen LogP contribution in [0, 0.1) is 6.92 Å². The van der Waals surface area contributed by atoms with E-state index in [0.717, 1.165) is 5.69 Å². The van der Waals surface area contributed by atoms with E-state index < -0.39 is 0 Å². The number of unbranched alkanes of at least 4 members (excludes halogenated alkanes) is 3. The number of rotatable bonds is 5. The fraction of sp³-hybridized carbons (Fsp3) is 0.583. The third-order valence-corrected chi connectivity index (χ3v) is 2.28. The molecule has 13 heavy (non-hydrogen) atoms. The topological polar surface area (TPSA) is 12.9 Å². The Morgan fingerprint density at radius 2 is 2.08 bits per heavy atom. The first-order valence-electron chi connectivity index (χ1n) is 5.24. The van der Waals surface area contributed by atoms with Crippen molar-refractivity contribution in [3.63, 3.8) is 0 Å². The highest BCUT2D eigenvalue weighted by atomic mass is 14.6. The zero-order valence-corrected chi connectivity index (χ0v) is 8.71. The molecule has 0 fully saturated rings. The first-order valence-corrected chi connectivity index (χ1v) is 5.24. The Bertz CT molecular complexity index is 243. The highest BCUT2D eigenvalue weighted by Gasteiger charge is 1.93. The van der Waals surface area contributed by atoms with Gasteiger partial charge in [-0.25, -0.2) is 0 Å². The average Bonchev–Trinajstić information content (AvgIpc) is 2.13. The Morgan fingerprint density at radius 3 is 2.77 bits per heavy atom. The van der Waals surface area contributed by atoms with Gasteiger partial charge in [0.2, 0.25) is 0 Å². The number of aromatic nitrogens is 1. The second-order valence-corrected chi connectivity index (χ2v) is 3.62. The summed E-state index contributed by atoms with van der Waals surface area (Å²) in [6, 6.07) is 4.31. The van der Waals surface area contributed by atoms with Gasteiger partial charge < -0.3 is 0 Å². The molecule has 0 spiro atoms. The fourth-order valence-corrected chi connectivity index (χ4v) is 1.52. The molecule has 0 saturated heterocycles. The summed E-state index contributed by atoms with van der Waals surface area (Å²) in [6.45, 7) is 4.30. The van der Waals surface area contributed by atoms with Gasteiger partial charge in [0.1, 0.15) is 0 Å². The number of nitrogens with zero attached hydrogens (tertiary/aromatic N) is 1. The number of hydrogen-bond acceptors (Lipinski definition) is 1. The van der Waals surface area contributed by atoms with Gasteiger partial charge in [-0.3, -0.25) is 4.98 Å². The van der Waals surface area contributed by atoms with Crippen molar-refractivity contribution in [2.75, 3.05) is 0 Å². The minimum Gasteiger partial charge on any atom is -0.262 e. The van der Waals surface area contributed by atoms with Crippen LogP contribution in [0.15, 0.2) is 18.3 Å². The van der Waals surface area contributed by atoms with Gasteiger partial charge in [-0.1, -0.05) is 26.2 Å². The van der Waals surface area contributed by atoms with Gasteiger partial charge >= 0.3 is 0 Å². The Kier molecular flexibility index (Phi) is 4.52. The Hall–Kier alpha value is -0.850. The van der Waals surface area contributed by atoms with E-state index >= 15 is 0 Å². The van der Waals surface area contributed by atoms with Crippen molar-refractivity contribution in [3.8, 4) is 0 Å². The van der Waals surface area contributed by atoms with E-state index in [1.165, 1.54) is 37.7 Å². The molecule has 0 aliphatic rings. The quantitative estimate of drug-likeness (QED) is 0.627. The van der Waals surface area contributed by atoms with E-state index in [0.29, 0.717) is 0 Å². The van der Waals surface area contributed by atoms with Crippen LogP contribution in [0.5, 0.6) is 0 Å². The molecule has 0 aromatic carbocycles. The third kappa shape index (κ3) is 4.07. The van der Waals surface area contributed by atoms with Crippen LogP contribution in [0.25, 0.3) is 0 Å². The van der Waals surface area contributed by atoms with Crippen LogP contribution in [-0.2, 0) is 6.42 Å². The lowest BCUT2D eigenvalue weighted by Gasteiger charge is -2.01. The Balaban J connectivity index is 2.28. The zero-order valence-electron chi connectivity index (χ0n) is 8.71. The molecule has 0 atom stereocenters. The van der Waals surface area contributed by atoms with E-state index in [1.807, 2.05) is 6.20 Å². The maximum Gasteiger partial charge on any atom is 0.0375 e. The van der Waals surface area contributed by atoms with Gasteiger partial charge in [-0.2, -0.15) is 0 Å². The lowest BCUT2D eigenvalue weighted by atomic mass is 10.1. The molecule has 0 bridgehead atoms. The standard InChI is InChI=1S/C12H19N/c1-3-4-5-6-7-12-8-9-13-11(2)10-12/h8-10H,3-7H2,1-2H3. The van der Waals surface area contributed by atoms with Crippen LogP contribution in [0.1, 0.15) is 43.9 Å². The lowest BCUT2D eigenvalue weighted by Crippen LogP contribution is -1.88. The van der Waals surface area contributed by atoms with Crippen LogP contribution in [0.3, 0.4) is 0 Å². The first-order chi connectivity index (χ1) is 6.33. The zero-order chi connectivity index (χ0) is 9.52. The maximum atomic E-state index is 4.18. The molecule has 0 aliphatic carbocycles. The molecule has 0 amide bonds. The van der Waals surface area contributed by atoms with Crippen LogP contribution >= 0.6 is 0 Å². The predicted molar refractivity (Wildman–Crippen MR) is 56.8 cm³/mol. The summed E-state index contributed by atoms with van der Waals surface area (Å²) in [4.78, 5) is 4.18. The highest BCUT2D eigenvalue weighted by molar-refractivity contribution is 5.15. The highest BCUT2D eigenvalue weighted by Crippen LogP contribution is 2.07. The smallest absolute Gasteiger partial charge is 0.0375 e. The molecule has 1 aromatic rings. The molecule has 1 rings (SSSR count). The summed E-state index contributed by atoms with van der Waals surface area (Å²) in [5.74, 6) is 0. The summed E-state index contributed by atoms with van der Waals surface area (Å²) in [5.41, 5.74) is 2.57. The van der Waals surface area contributed by atoms with Gasteiger partial charge in [0.15, 0.2) is 0 Å². The largest absolute Gasteiger partial charge is 0.262 e. The molecule has 72 valence electrons. The molecule has 1 heteroatoms. The Morgan fingerprint density at radius 1 is 1.23 bits per heavy atom. The van der Waals surface area contributed by atoms with E-state index in [2.05, 4.69) is 31.0 Å². The van der Waals surface area contributed by atoms with Gasteiger partial charge in [-0.15, -0.1) is 0 Å². The van der Waals surface area contributed by atoms with Crippen molar-refractivity contribution >= 4 is 0 Å². The van der Waals surface area contributed by atoms with Crippen LogP contribution in [0.4, 0.5) is 0 Å². The van der Waals surface area contributed by atoms with Crippen molar-refractivity contribution in [2.24, 2.45) is 0 Å². The molecule has 0 unspecified atom stereocenters. The summed E-state index contributed by atoms with van der Waals surface area (Å²) in [7, 11) is 0. The van der Waals surface area contributed by atoms with E-state index in [9.17, 15) is 0 Å². The van der Waals surface area contributed by atoms with Crippen molar-refractivity contribution in [2.45, 2.75) is 46.0 Å². The number of hydrogen-bond donors (Lipinski definition) is 0. The molecular formula is C12H19N. The molecule has 1 aromatic heterocycles. The molecule has 0 aliphatic heterocycles. The van der Waals surface area contributed by atoms with Crippen molar-refractivity contribution in [1.29, 1.82) is 0 Å². The average molecular weight is 177 g/mol. The normalized spacial score (nSPS) is 10.3. The molecular weight excluding hydrogens is 158 g/mol. The second-order valence-electron chi connectivity index (χ2n) is 3.62. The third-order valence-electron chi connectivity index (χ3n) is 2.28. The number of aryl methyl sites for hydroxylation is 2. The molecule has 1 nitrogen and oxygen atoms in total.